The summed E-state index contributed by atoms with van der Waals surface area (Å²) in [6.07, 6.45) is 2.52. The van der Waals surface area contributed by atoms with Crippen LogP contribution in [0.25, 0.3) is 0 Å². The molecule has 2 aromatic carbocycles. The summed E-state index contributed by atoms with van der Waals surface area (Å²) in [5, 5.41) is 6.34. The Morgan fingerprint density at radius 2 is 1.82 bits per heavy atom. The lowest BCUT2D eigenvalue weighted by Crippen LogP contribution is -2.27. The highest BCUT2D eigenvalue weighted by atomic mass is 16.5. The van der Waals surface area contributed by atoms with E-state index in [1.165, 1.54) is 5.56 Å². The minimum atomic E-state index is -0.185. The van der Waals surface area contributed by atoms with Crippen LogP contribution in [-0.2, 0) is 6.42 Å². The lowest BCUT2D eigenvalue weighted by molar-refractivity contribution is 0.0935. The van der Waals surface area contributed by atoms with Crippen molar-refractivity contribution >= 4 is 11.6 Å². The molecule has 5 nitrogen and oxygen atoms in total. The van der Waals surface area contributed by atoms with E-state index in [0.29, 0.717) is 5.69 Å². The van der Waals surface area contributed by atoms with E-state index in [1.807, 2.05) is 55.5 Å². The zero-order chi connectivity index (χ0) is 19.8. The second-order valence-electron chi connectivity index (χ2n) is 6.56. The Hall–Kier alpha value is -3.34. The average Bonchev–Trinajstić information content (AvgIpc) is 2.75. The van der Waals surface area contributed by atoms with Gasteiger partial charge in [-0.15, -0.1) is 0 Å². The fraction of sp³-hybridized carbons (Fsp3) is 0.217. The van der Waals surface area contributed by atoms with Crippen molar-refractivity contribution in [2.24, 2.45) is 0 Å². The highest BCUT2D eigenvalue weighted by Gasteiger charge is 2.12. The van der Waals surface area contributed by atoms with Crippen LogP contribution < -0.4 is 15.4 Å². The number of carbonyl (C=O) groups excluding carboxylic acids is 1. The van der Waals surface area contributed by atoms with Crippen LogP contribution in [0.15, 0.2) is 72.9 Å². The van der Waals surface area contributed by atoms with Gasteiger partial charge >= 0.3 is 0 Å². The normalized spacial score (nSPS) is 11.5. The van der Waals surface area contributed by atoms with Crippen LogP contribution in [0.2, 0.25) is 0 Å². The Bertz CT molecular complexity index is 895. The summed E-state index contributed by atoms with van der Waals surface area (Å²) < 4.78 is 5.17. The van der Waals surface area contributed by atoms with Gasteiger partial charge in [-0.3, -0.25) is 9.78 Å². The molecule has 0 fully saturated rings. The van der Waals surface area contributed by atoms with E-state index in [0.717, 1.165) is 30.0 Å². The van der Waals surface area contributed by atoms with Gasteiger partial charge in [-0.05, 0) is 48.7 Å². The summed E-state index contributed by atoms with van der Waals surface area (Å²) in [5.74, 6) is 0.668. The predicted octanol–water partition coefficient (Wildman–Crippen LogP) is 4.24. The van der Waals surface area contributed by atoms with E-state index in [4.69, 9.17) is 4.74 Å². The summed E-state index contributed by atoms with van der Waals surface area (Å²) in [6.45, 7) is 2.72. The topological polar surface area (TPSA) is 63.2 Å². The summed E-state index contributed by atoms with van der Waals surface area (Å²) in [6, 6.07) is 21.5. The monoisotopic (exact) mass is 375 g/mol. The molecule has 0 spiro atoms. The number of rotatable bonds is 8. The first-order valence-corrected chi connectivity index (χ1v) is 9.34. The predicted molar refractivity (Wildman–Crippen MR) is 112 cm³/mol. The van der Waals surface area contributed by atoms with Crippen molar-refractivity contribution < 1.29 is 9.53 Å². The number of amides is 1. The van der Waals surface area contributed by atoms with Crippen LogP contribution in [0.4, 0.5) is 5.69 Å². The quantitative estimate of drug-likeness (QED) is 0.618. The minimum Gasteiger partial charge on any atom is -0.497 e. The second-order valence-corrected chi connectivity index (χ2v) is 6.56. The number of carbonyl (C=O) groups is 1. The van der Waals surface area contributed by atoms with Gasteiger partial charge in [0.25, 0.3) is 5.91 Å². The maximum absolute atomic E-state index is 12.5. The van der Waals surface area contributed by atoms with Crippen molar-refractivity contribution in [3.8, 4) is 5.75 Å². The molecule has 5 heteroatoms. The third-order valence-electron chi connectivity index (χ3n) is 4.54. The minimum absolute atomic E-state index is 0.0813. The number of ether oxygens (including phenoxy) is 1. The second kappa shape index (κ2) is 9.55. The molecule has 3 rings (SSSR count). The maximum Gasteiger partial charge on any atom is 0.270 e. The highest BCUT2D eigenvalue weighted by molar-refractivity contribution is 5.93. The van der Waals surface area contributed by atoms with Crippen molar-refractivity contribution in [2.45, 2.75) is 19.4 Å². The molecule has 2 N–H and O–H groups in total. The standard InChI is InChI=1S/C23H25N3O2/c1-17(19-6-4-3-5-7-19)26-23(27)22-16-20(13-15-25-22)24-14-12-18-8-10-21(28-2)11-9-18/h3-11,13,15-17H,12,14H2,1-2H3,(H,24,25)(H,26,27). The van der Waals surface area contributed by atoms with Gasteiger partial charge in [0, 0.05) is 18.4 Å². The number of benzene rings is 2. The molecule has 0 aliphatic heterocycles. The zero-order valence-electron chi connectivity index (χ0n) is 16.2. The van der Waals surface area contributed by atoms with Crippen molar-refractivity contribution in [3.05, 3.63) is 89.7 Å². The van der Waals surface area contributed by atoms with Gasteiger partial charge in [0.1, 0.15) is 11.4 Å². The van der Waals surface area contributed by atoms with Crippen molar-refractivity contribution in [1.82, 2.24) is 10.3 Å². The third kappa shape index (κ3) is 5.33. The van der Waals surface area contributed by atoms with Gasteiger partial charge in [-0.25, -0.2) is 0 Å². The van der Waals surface area contributed by atoms with Gasteiger partial charge < -0.3 is 15.4 Å². The molecule has 0 aliphatic rings. The van der Waals surface area contributed by atoms with Crippen molar-refractivity contribution in [2.75, 3.05) is 19.0 Å². The van der Waals surface area contributed by atoms with E-state index in [9.17, 15) is 4.79 Å². The Balaban J connectivity index is 1.54. The van der Waals surface area contributed by atoms with E-state index < -0.39 is 0 Å². The number of hydrogen-bond acceptors (Lipinski definition) is 4. The third-order valence-corrected chi connectivity index (χ3v) is 4.54. The highest BCUT2D eigenvalue weighted by Crippen LogP contribution is 2.14. The number of anilines is 1. The fourth-order valence-electron chi connectivity index (χ4n) is 2.90. The summed E-state index contributed by atoms with van der Waals surface area (Å²) in [5.41, 5.74) is 3.56. The first kappa shape index (κ1) is 19.4. The van der Waals surface area contributed by atoms with Crippen molar-refractivity contribution in [3.63, 3.8) is 0 Å². The lowest BCUT2D eigenvalue weighted by Gasteiger charge is -2.14. The molecule has 1 unspecified atom stereocenters. The first-order valence-electron chi connectivity index (χ1n) is 9.34. The summed E-state index contributed by atoms with van der Waals surface area (Å²) in [4.78, 5) is 16.7. The van der Waals surface area contributed by atoms with Gasteiger partial charge in [-0.1, -0.05) is 42.5 Å². The Kier molecular flexibility index (Phi) is 6.63. The number of aromatic nitrogens is 1. The molecule has 0 radical (unpaired) electrons. The van der Waals surface area contributed by atoms with E-state index in [-0.39, 0.29) is 11.9 Å². The SMILES string of the molecule is COc1ccc(CCNc2ccnc(C(=O)NC(C)c3ccccc3)c2)cc1. The molecular formula is C23H25N3O2. The Morgan fingerprint density at radius 3 is 2.54 bits per heavy atom. The van der Waals surface area contributed by atoms with Gasteiger partial charge in [0.2, 0.25) is 0 Å². The molecule has 28 heavy (non-hydrogen) atoms. The maximum atomic E-state index is 12.5. The number of nitrogens with zero attached hydrogens (tertiary/aromatic N) is 1. The molecule has 0 saturated heterocycles. The first-order chi connectivity index (χ1) is 13.7. The number of pyridine rings is 1. The molecule has 3 aromatic rings. The van der Waals surface area contributed by atoms with Crippen LogP contribution in [0.3, 0.4) is 0 Å². The van der Waals surface area contributed by atoms with Crippen LogP contribution in [0.1, 0.15) is 34.6 Å². The molecule has 1 aromatic heterocycles. The largest absolute Gasteiger partial charge is 0.497 e. The van der Waals surface area contributed by atoms with Gasteiger partial charge in [0.15, 0.2) is 0 Å². The number of hydrogen-bond donors (Lipinski definition) is 2. The van der Waals surface area contributed by atoms with Gasteiger partial charge in [-0.2, -0.15) is 0 Å². The molecule has 1 amide bonds. The molecule has 0 aliphatic carbocycles. The fourth-order valence-corrected chi connectivity index (χ4v) is 2.90. The van der Waals surface area contributed by atoms with Crippen LogP contribution in [0.5, 0.6) is 5.75 Å². The van der Waals surface area contributed by atoms with Crippen LogP contribution >= 0.6 is 0 Å². The van der Waals surface area contributed by atoms with E-state index in [2.05, 4.69) is 27.8 Å². The number of methoxy groups -OCH3 is 1. The smallest absolute Gasteiger partial charge is 0.270 e. The zero-order valence-corrected chi connectivity index (χ0v) is 16.2. The molecule has 1 heterocycles. The molecule has 0 bridgehead atoms. The average molecular weight is 375 g/mol. The Morgan fingerprint density at radius 1 is 1.07 bits per heavy atom. The number of nitrogens with one attached hydrogen (secondary N) is 2. The summed E-state index contributed by atoms with van der Waals surface area (Å²) in [7, 11) is 1.66. The molecule has 144 valence electrons. The van der Waals surface area contributed by atoms with E-state index in [1.54, 1.807) is 19.4 Å². The Labute approximate surface area is 165 Å². The summed E-state index contributed by atoms with van der Waals surface area (Å²) >= 11 is 0. The van der Waals surface area contributed by atoms with Crippen LogP contribution in [-0.4, -0.2) is 24.5 Å². The van der Waals surface area contributed by atoms with Crippen LogP contribution in [0, 0.1) is 0 Å². The molecule has 0 saturated carbocycles. The molecule has 1 atom stereocenters. The lowest BCUT2D eigenvalue weighted by atomic mass is 10.1. The van der Waals surface area contributed by atoms with Crippen molar-refractivity contribution in [1.29, 1.82) is 0 Å². The van der Waals surface area contributed by atoms with Gasteiger partial charge in [0.05, 0.1) is 13.2 Å². The molecular weight excluding hydrogens is 350 g/mol. The van der Waals surface area contributed by atoms with E-state index >= 15 is 0 Å².